The maximum Gasteiger partial charge on any atom is 0.417 e. The van der Waals surface area contributed by atoms with Crippen LogP contribution in [0, 0.1) is 11.3 Å². The first-order valence-corrected chi connectivity index (χ1v) is 3.60. The summed E-state index contributed by atoms with van der Waals surface area (Å²) in [6.07, 6.45) is -3.86. The molecule has 1 heterocycles. The van der Waals surface area contributed by atoms with Crippen LogP contribution < -0.4 is 5.56 Å². The summed E-state index contributed by atoms with van der Waals surface area (Å²) in [5, 5.41) is 8.25. The molecule has 74 valence electrons. The van der Waals surface area contributed by atoms with Gasteiger partial charge in [-0.25, -0.2) is 0 Å². The van der Waals surface area contributed by atoms with Crippen LogP contribution in [0.2, 0.25) is 0 Å². The van der Waals surface area contributed by atoms with E-state index >= 15 is 0 Å². The van der Waals surface area contributed by atoms with E-state index in [1.807, 2.05) is 0 Å². The summed E-state index contributed by atoms with van der Waals surface area (Å²) in [5.74, 6) is 0. The van der Waals surface area contributed by atoms with Gasteiger partial charge in [0.15, 0.2) is 0 Å². The van der Waals surface area contributed by atoms with Gasteiger partial charge in [-0.15, -0.1) is 0 Å². The van der Waals surface area contributed by atoms with Gasteiger partial charge in [0.25, 0.3) is 5.56 Å². The van der Waals surface area contributed by atoms with Crippen LogP contribution in [-0.4, -0.2) is 4.57 Å². The van der Waals surface area contributed by atoms with Gasteiger partial charge in [0.05, 0.1) is 11.6 Å². The van der Waals surface area contributed by atoms with Crippen molar-refractivity contribution < 1.29 is 13.2 Å². The first-order chi connectivity index (χ1) is 6.45. The monoisotopic (exact) mass is 202 g/mol. The van der Waals surface area contributed by atoms with Crippen LogP contribution >= 0.6 is 0 Å². The predicted octanol–water partition coefficient (Wildman–Crippen LogP) is 1.39. The summed E-state index contributed by atoms with van der Waals surface area (Å²) in [7, 11) is 0. The van der Waals surface area contributed by atoms with Crippen molar-refractivity contribution >= 4 is 0 Å². The second-order valence-electron chi connectivity index (χ2n) is 2.54. The van der Waals surface area contributed by atoms with Crippen LogP contribution in [0.5, 0.6) is 0 Å². The van der Waals surface area contributed by atoms with E-state index in [1.165, 1.54) is 0 Å². The Morgan fingerprint density at radius 2 is 2.07 bits per heavy atom. The summed E-state index contributed by atoms with van der Waals surface area (Å²) >= 11 is 0. The van der Waals surface area contributed by atoms with Gasteiger partial charge in [0.1, 0.15) is 6.54 Å². The molecule has 14 heavy (non-hydrogen) atoms. The van der Waals surface area contributed by atoms with E-state index in [0.29, 0.717) is 16.8 Å². The molecule has 1 aromatic rings. The number of rotatable bonds is 1. The Morgan fingerprint density at radius 3 is 2.57 bits per heavy atom. The molecule has 0 aromatic carbocycles. The average Bonchev–Trinajstić information content (AvgIpc) is 2.07. The minimum atomic E-state index is -4.50. The molecule has 0 saturated heterocycles. The number of hydrogen-bond donors (Lipinski definition) is 0. The van der Waals surface area contributed by atoms with Gasteiger partial charge in [0, 0.05) is 12.3 Å². The van der Waals surface area contributed by atoms with Crippen LogP contribution in [-0.2, 0) is 12.7 Å². The number of nitrogens with zero attached hydrogens (tertiary/aromatic N) is 2. The predicted molar refractivity (Wildman–Crippen MR) is 41.3 cm³/mol. The third kappa shape index (κ3) is 2.13. The highest BCUT2D eigenvalue weighted by Crippen LogP contribution is 2.27. The Kier molecular flexibility index (Phi) is 2.60. The molecule has 1 rings (SSSR count). The highest BCUT2D eigenvalue weighted by atomic mass is 19.4. The topological polar surface area (TPSA) is 45.8 Å². The molecule has 0 bridgehead atoms. The maximum absolute atomic E-state index is 12.1. The molecule has 0 N–H and O–H groups in total. The molecule has 0 unspecified atom stereocenters. The second kappa shape index (κ2) is 3.54. The van der Waals surface area contributed by atoms with Crippen molar-refractivity contribution in [2.45, 2.75) is 12.7 Å². The molecule has 0 aliphatic carbocycles. The standard InChI is InChI=1S/C8H5F3N2O/c9-8(10,11)6-1-2-7(14)13(5-6)4-3-12/h1-2,5H,4H2. The Bertz CT molecular complexity index is 427. The molecule has 6 heteroatoms. The zero-order valence-corrected chi connectivity index (χ0v) is 6.88. The van der Waals surface area contributed by atoms with Gasteiger partial charge in [-0.3, -0.25) is 4.79 Å². The lowest BCUT2D eigenvalue weighted by Crippen LogP contribution is -2.20. The zero-order valence-electron chi connectivity index (χ0n) is 6.88. The number of pyridine rings is 1. The van der Waals surface area contributed by atoms with E-state index < -0.39 is 17.3 Å². The summed E-state index contributed by atoms with van der Waals surface area (Å²) < 4.78 is 37.1. The fraction of sp³-hybridized carbons (Fsp3) is 0.250. The van der Waals surface area contributed by atoms with Gasteiger partial charge >= 0.3 is 6.18 Å². The normalized spacial score (nSPS) is 11.0. The lowest BCUT2D eigenvalue weighted by Gasteiger charge is -2.07. The summed E-state index contributed by atoms with van der Waals surface area (Å²) in [5.41, 5.74) is -1.56. The molecule has 0 atom stereocenters. The first kappa shape index (κ1) is 10.3. The van der Waals surface area contributed by atoms with Crippen molar-refractivity contribution in [1.29, 1.82) is 5.26 Å². The average molecular weight is 202 g/mol. The minimum Gasteiger partial charge on any atom is -0.301 e. The largest absolute Gasteiger partial charge is 0.417 e. The Balaban J connectivity index is 3.21. The van der Waals surface area contributed by atoms with Gasteiger partial charge < -0.3 is 4.57 Å². The summed E-state index contributed by atoms with van der Waals surface area (Å²) in [4.78, 5) is 10.9. The van der Waals surface area contributed by atoms with E-state index in [4.69, 9.17) is 5.26 Å². The molecular formula is C8H5F3N2O. The number of nitriles is 1. The fourth-order valence-electron chi connectivity index (χ4n) is 0.899. The second-order valence-corrected chi connectivity index (χ2v) is 2.54. The van der Waals surface area contributed by atoms with Crippen molar-refractivity contribution in [2.75, 3.05) is 0 Å². The van der Waals surface area contributed by atoms with Crippen LogP contribution in [0.1, 0.15) is 5.56 Å². The van der Waals surface area contributed by atoms with Gasteiger partial charge in [-0.2, -0.15) is 18.4 Å². The first-order valence-electron chi connectivity index (χ1n) is 3.60. The number of halogens is 3. The molecule has 1 aromatic heterocycles. The quantitative estimate of drug-likeness (QED) is 0.690. The van der Waals surface area contributed by atoms with E-state index in [9.17, 15) is 18.0 Å². The minimum absolute atomic E-state index is 0.386. The fourth-order valence-corrected chi connectivity index (χ4v) is 0.899. The summed E-state index contributed by atoms with van der Waals surface area (Å²) in [6, 6.07) is 3.08. The number of aromatic nitrogens is 1. The lowest BCUT2D eigenvalue weighted by molar-refractivity contribution is -0.138. The molecule has 0 fully saturated rings. The molecular weight excluding hydrogens is 197 g/mol. The summed E-state index contributed by atoms with van der Waals surface area (Å²) in [6.45, 7) is -0.386. The van der Waals surface area contributed by atoms with Gasteiger partial charge in [0.2, 0.25) is 0 Å². The Labute approximate surface area is 77.0 Å². The van der Waals surface area contributed by atoms with Crippen molar-refractivity contribution in [2.24, 2.45) is 0 Å². The molecule has 0 aliphatic heterocycles. The smallest absolute Gasteiger partial charge is 0.301 e. The number of hydrogen-bond acceptors (Lipinski definition) is 2. The molecule has 0 aliphatic rings. The van der Waals surface area contributed by atoms with E-state index in [2.05, 4.69) is 0 Å². The number of alkyl halides is 3. The van der Waals surface area contributed by atoms with Crippen LogP contribution in [0.15, 0.2) is 23.1 Å². The van der Waals surface area contributed by atoms with Crippen molar-refractivity contribution in [1.82, 2.24) is 4.57 Å². The zero-order chi connectivity index (χ0) is 10.8. The van der Waals surface area contributed by atoms with Crippen LogP contribution in [0.4, 0.5) is 13.2 Å². The Hall–Kier alpha value is -1.77. The maximum atomic E-state index is 12.1. The van der Waals surface area contributed by atoms with E-state index in [0.717, 1.165) is 6.07 Å². The van der Waals surface area contributed by atoms with E-state index in [1.54, 1.807) is 6.07 Å². The van der Waals surface area contributed by atoms with Crippen molar-refractivity contribution in [3.8, 4) is 6.07 Å². The van der Waals surface area contributed by atoms with Crippen molar-refractivity contribution in [3.63, 3.8) is 0 Å². The third-order valence-corrected chi connectivity index (χ3v) is 1.55. The highest BCUT2D eigenvalue weighted by Gasteiger charge is 2.30. The van der Waals surface area contributed by atoms with Crippen molar-refractivity contribution in [3.05, 3.63) is 34.2 Å². The van der Waals surface area contributed by atoms with Crippen LogP contribution in [0.3, 0.4) is 0 Å². The molecule has 0 saturated carbocycles. The Morgan fingerprint density at radius 1 is 1.43 bits per heavy atom. The van der Waals surface area contributed by atoms with Gasteiger partial charge in [-0.1, -0.05) is 0 Å². The molecule has 0 radical (unpaired) electrons. The molecule has 0 amide bonds. The van der Waals surface area contributed by atoms with E-state index in [-0.39, 0.29) is 6.54 Å². The van der Waals surface area contributed by atoms with Crippen LogP contribution in [0.25, 0.3) is 0 Å². The third-order valence-electron chi connectivity index (χ3n) is 1.55. The lowest BCUT2D eigenvalue weighted by atomic mass is 10.3. The molecule has 0 spiro atoms. The highest BCUT2D eigenvalue weighted by molar-refractivity contribution is 5.14. The molecule has 3 nitrogen and oxygen atoms in total. The van der Waals surface area contributed by atoms with Gasteiger partial charge in [-0.05, 0) is 6.07 Å². The SMILES string of the molecule is N#CCn1cc(C(F)(F)F)ccc1=O.